The van der Waals surface area contributed by atoms with Gasteiger partial charge in [0.15, 0.2) is 0 Å². The molecule has 5 saturated carbocycles. The maximum atomic E-state index is 12.8. The summed E-state index contributed by atoms with van der Waals surface area (Å²) in [6.07, 6.45) is -0.586. The minimum Gasteiger partial charge on any atom is -0.458 e. The predicted octanol–water partition coefficient (Wildman–Crippen LogP) is 3.18. The van der Waals surface area contributed by atoms with Crippen molar-refractivity contribution in [3.63, 3.8) is 0 Å². The van der Waals surface area contributed by atoms with Crippen molar-refractivity contribution in [1.82, 2.24) is 0 Å². The number of non-ortho nitro benzene ring substituents is 1. The number of hydrogen-bond donors (Lipinski definition) is 2. The molecule has 5 aliphatic rings. The highest BCUT2D eigenvalue weighted by molar-refractivity contribution is 5.89. The summed E-state index contributed by atoms with van der Waals surface area (Å²) in [5, 5.41) is 32.7. The van der Waals surface area contributed by atoms with Gasteiger partial charge in [-0.15, -0.1) is 0 Å². The van der Waals surface area contributed by atoms with Crippen LogP contribution in [0.4, 0.5) is 5.69 Å². The van der Waals surface area contributed by atoms with Crippen LogP contribution in [-0.4, -0.2) is 39.4 Å². The number of rotatable bonds is 3. The minimum atomic E-state index is -0.644. The summed E-state index contributed by atoms with van der Waals surface area (Å²) < 4.78 is 5.93. The van der Waals surface area contributed by atoms with Crippen molar-refractivity contribution in [2.75, 3.05) is 0 Å². The average Bonchev–Trinajstić information content (AvgIpc) is 2.74. The van der Waals surface area contributed by atoms with Gasteiger partial charge in [-0.25, -0.2) is 4.79 Å². The number of aliphatic hydroxyl groups is 2. The molecule has 7 nitrogen and oxygen atoms in total. The molecule has 8 atom stereocenters. The van der Waals surface area contributed by atoms with Crippen molar-refractivity contribution < 1.29 is 24.7 Å². The van der Waals surface area contributed by atoms with Crippen LogP contribution >= 0.6 is 0 Å². The number of nitrogens with zero attached hydrogens (tertiary/aromatic N) is 1. The van der Waals surface area contributed by atoms with E-state index in [9.17, 15) is 25.1 Å². The van der Waals surface area contributed by atoms with E-state index in [1.54, 1.807) is 0 Å². The van der Waals surface area contributed by atoms with Crippen molar-refractivity contribution in [3.8, 4) is 0 Å². The molecule has 7 heteroatoms. The number of ether oxygens (including phenoxy) is 1. The second kappa shape index (κ2) is 6.51. The Morgan fingerprint density at radius 2 is 1.72 bits per heavy atom. The molecule has 0 amide bonds. The summed E-state index contributed by atoms with van der Waals surface area (Å²) in [5.74, 6) is 0.143. The normalized spacial score (nSPS) is 42.3. The number of carbonyl (C=O) groups is 1. The molecule has 0 heterocycles. The fourth-order valence-corrected chi connectivity index (χ4v) is 6.82. The quantitative estimate of drug-likeness (QED) is 0.456. The molecule has 29 heavy (non-hydrogen) atoms. The minimum absolute atomic E-state index is 0.0227. The van der Waals surface area contributed by atoms with Gasteiger partial charge in [-0.1, -0.05) is 27.7 Å². The first-order valence-corrected chi connectivity index (χ1v) is 10.3. The molecule has 0 aromatic heterocycles. The van der Waals surface area contributed by atoms with Crippen molar-refractivity contribution in [3.05, 3.63) is 39.9 Å². The molecule has 0 saturated heterocycles. The average molecular weight is 403 g/mol. The Bertz CT molecular complexity index is 818. The zero-order valence-electron chi connectivity index (χ0n) is 17.2. The lowest BCUT2D eigenvalue weighted by Gasteiger charge is -2.70. The Morgan fingerprint density at radius 1 is 1.10 bits per heavy atom. The maximum absolute atomic E-state index is 12.8. The van der Waals surface area contributed by atoms with Gasteiger partial charge in [0.2, 0.25) is 0 Å². The Balaban J connectivity index is 1.65. The van der Waals surface area contributed by atoms with Crippen LogP contribution < -0.4 is 0 Å². The predicted molar refractivity (Wildman–Crippen MR) is 105 cm³/mol. The fourth-order valence-electron chi connectivity index (χ4n) is 6.82. The standard InChI is InChI=1S/C22H29NO6/c1-11-9-14(24)18-19-17(11)22(18,4)16(10-15(25)21(19,2)3)29-20(26)12-5-7-13(8-6-12)23(27)28/h5-8,11,14-19,24-25H,9-10H2,1-4H3/t11-,14+,15+,16+,17-,18+,19+,22+/m0/s1. The van der Waals surface area contributed by atoms with Crippen LogP contribution in [0.25, 0.3) is 0 Å². The second-order valence-electron chi connectivity index (χ2n) is 9.99. The fraction of sp³-hybridized carbons (Fsp3) is 0.682. The number of nitro groups is 1. The van der Waals surface area contributed by atoms with E-state index in [0.29, 0.717) is 6.42 Å². The highest BCUT2D eigenvalue weighted by Crippen LogP contribution is 2.73. The van der Waals surface area contributed by atoms with Gasteiger partial charge in [0.05, 0.1) is 22.7 Å². The van der Waals surface area contributed by atoms with Crippen LogP contribution in [0.1, 0.15) is 50.9 Å². The van der Waals surface area contributed by atoms with E-state index in [2.05, 4.69) is 13.8 Å². The molecule has 0 aliphatic heterocycles. The van der Waals surface area contributed by atoms with Crippen LogP contribution in [-0.2, 0) is 4.74 Å². The highest BCUT2D eigenvalue weighted by Gasteiger charge is 2.74. The van der Waals surface area contributed by atoms with Gasteiger partial charge in [0.25, 0.3) is 5.69 Å². The molecular weight excluding hydrogens is 374 g/mol. The highest BCUT2D eigenvalue weighted by atomic mass is 16.6. The topological polar surface area (TPSA) is 110 Å². The molecule has 5 fully saturated rings. The lowest BCUT2D eigenvalue weighted by atomic mass is 9.35. The molecule has 158 valence electrons. The molecule has 5 aliphatic carbocycles. The number of nitro benzene ring substituents is 1. The Hall–Kier alpha value is -1.99. The second-order valence-corrected chi connectivity index (χ2v) is 9.99. The van der Waals surface area contributed by atoms with Crippen LogP contribution in [0.15, 0.2) is 24.3 Å². The van der Waals surface area contributed by atoms with Crippen molar-refractivity contribution in [2.24, 2.45) is 34.5 Å². The zero-order chi connectivity index (χ0) is 21.3. The van der Waals surface area contributed by atoms with Gasteiger partial charge in [-0.2, -0.15) is 0 Å². The Morgan fingerprint density at radius 3 is 2.28 bits per heavy atom. The first-order valence-electron chi connectivity index (χ1n) is 10.3. The number of benzene rings is 1. The lowest BCUT2D eigenvalue weighted by molar-refractivity contribution is -0.384. The molecule has 2 N–H and O–H groups in total. The van der Waals surface area contributed by atoms with E-state index in [1.807, 2.05) is 13.8 Å². The third kappa shape index (κ3) is 2.74. The summed E-state index contributed by atoms with van der Waals surface area (Å²) in [6, 6.07) is 5.34. The Labute approximate surface area is 170 Å². The number of carbonyl (C=O) groups excluding carboxylic acids is 1. The van der Waals surface area contributed by atoms with Crippen LogP contribution in [0.2, 0.25) is 0 Å². The van der Waals surface area contributed by atoms with Crippen LogP contribution in [0.3, 0.4) is 0 Å². The van der Waals surface area contributed by atoms with Gasteiger partial charge in [0, 0.05) is 24.0 Å². The monoisotopic (exact) mass is 403 g/mol. The third-order valence-corrected chi connectivity index (χ3v) is 8.26. The molecule has 1 aromatic carbocycles. The number of hydrogen-bond acceptors (Lipinski definition) is 6. The number of aliphatic hydroxyl groups excluding tert-OH is 2. The molecule has 0 spiro atoms. The van der Waals surface area contributed by atoms with Crippen LogP contribution in [0, 0.1) is 44.6 Å². The molecule has 0 unspecified atom stereocenters. The largest absolute Gasteiger partial charge is 0.458 e. The van der Waals surface area contributed by atoms with Gasteiger partial charge >= 0.3 is 5.97 Å². The summed E-state index contributed by atoms with van der Waals surface area (Å²) in [5.41, 5.74) is -0.619. The van der Waals surface area contributed by atoms with Gasteiger partial charge in [-0.3, -0.25) is 10.1 Å². The van der Waals surface area contributed by atoms with Gasteiger partial charge in [-0.05, 0) is 47.6 Å². The molecule has 0 radical (unpaired) electrons. The molecular formula is C22H29NO6. The SMILES string of the molecule is C[C@H]1C[C@@H](O)[C@@H]2[C@H]3[C@H]1[C@@]2(C)[C@H](OC(=O)c1ccc([N+](=O)[O-])cc1)C[C@@H](O)C3(C)C. The third-order valence-electron chi connectivity index (χ3n) is 8.26. The van der Waals surface area contributed by atoms with E-state index >= 15 is 0 Å². The van der Waals surface area contributed by atoms with E-state index in [-0.39, 0.29) is 40.3 Å². The lowest BCUT2D eigenvalue weighted by Crippen LogP contribution is -2.71. The van der Waals surface area contributed by atoms with Gasteiger partial charge < -0.3 is 14.9 Å². The summed E-state index contributed by atoms with van der Waals surface area (Å²) in [7, 11) is 0. The van der Waals surface area contributed by atoms with Crippen LogP contribution in [0.5, 0.6) is 0 Å². The van der Waals surface area contributed by atoms with E-state index < -0.39 is 34.6 Å². The van der Waals surface area contributed by atoms with E-state index in [0.717, 1.165) is 6.42 Å². The van der Waals surface area contributed by atoms with Gasteiger partial charge in [0.1, 0.15) is 6.10 Å². The summed E-state index contributed by atoms with van der Waals surface area (Å²) in [4.78, 5) is 23.1. The zero-order valence-corrected chi connectivity index (χ0v) is 17.2. The first-order chi connectivity index (χ1) is 13.5. The van der Waals surface area contributed by atoms with E-state index in [1.165, 1.54) is 24.3 Å². The number of esters is 1. The molecule has 4 bridgehead atoms. The molecule has 6 rings (SSSR count). The van der Waals surface area contributed by atoms with Crippen molar-refractivity contribution >= 4 is 11.7 Å². The van der Waals surface area contributed by atoms with E-state index in [4.69, 9.17) is 4.74 Å². The summed E-state index contributed by atoms with van der Waals surface area (Å²) in [6.45, 7) is 8.32. The first kappa shape index (κ1) is 20.3. The summed E-state index contributed by atoms with van der Waals surface area (Å²) >= 11 is 0. The number of fused-ring (bicyclic) bond motifs is 5. The smallest absolute Gasteiger partial charge is 0.338 e. The molecule has 1 aromatic rings. The van der Waals surface area contributed by atoms with Crippen molar-refractivity contribution in [2.45, 2.75) is 58.8 Å². The Kier molecular flexibility index (Phi) is 4.55. The van der Waals surface area contributed by atoms with Crippen molar-refractivity contribution in [1.29, 1.82) is 0 Å². The maximum Gasteiger partial charge on any atom is 0.338 e.